The van der Waals surface area contributed by atoms with Gasteiger partial charge in [-0.3, -0.25) is 0 Å². The predicted molar refractivity (Wildman–Crippen MR) is 69.5 cm³/mol. The lowest BCUT2D eigenvalue weighted by molar-refractivity contribution is 0.414. The topological polar surface area (TPSA) is 64.5 Å². The number of oxazole rings is 1. The molecule has 0 unspecified atom stereocenters. The Morgan fingerprint density at radius 3 is 2.94 bits per heavy atom. The van der Waals surface area contributed by atoms with Crippen LogP contribution in [0.4, 0.5) is 6.01 Å². The number of rotatable bonds is 5. The van der Waals surface area contributed by atoms with Crippen molar-refractivity contribution in [1.29, 1.82) is 0 Å². The molecule has 0 aliphatic carbocycles. The average molecular weight is 247 g/mol. The summed E-state index contributed by atoms with van der Waals surface area (Å²) in [5.74, 6) is 0.843. The number of methoxy groups -OCH3 is 1. The van der Waals surface area contributed by atoms with E-state index in [1.807, 2.05) is 36.2 Å². The molecule has 2 N–H and O–H groups in total. The lowest BCUT2D eigenvalue weighted by Crippen LogP contribution is -2.16. The van der Waals surface area contributed by atoms with E-state index in [1.54, 1.807) is 13.4 Å². The molecule has 18 heavy (non-hydrogen) atoms. The molecule has 96 valence electrons. The predicted octanol–water partition coefficient (Wildman–Crippen LogP) is 1.78. The van der Waals surface area contributed by atoms with E-state index >= 15 is 0 Å². The van der Waals surface area contributed by atoms with Crippen LogP contribution in [0.25, 0.3) is 0 Å². The maximum atomic E-state index is 5.50. The minimum absolute atomic E-state index is 0.385. The monoisotopic (exact) mass is 247 g/mol. The molecule has 1 aromatic heterocycles. The van der Waals surface area contributed by atoms with Crippen LogP contribution in [-0.2, 0) is 13.1 Å². The fraction of sp³-hybridized carbons (Fsp3) is 0.308. The van der Waals surface area contributed by atoms with Gasteiger partial charge < -0.3 is 19.8 Å². The van der Waals surface area contributed by atoms with Gasteiger partial charge >= 0.3 is 0 Å². The molecule has 0 spiro atoms. The summed E-state index contributed by atoms with van der Waals surface area (Å²) >= 11 is 0. The smallest absolute Gasteiger partial charge is 0.297 e. The summed E-state index contributed by atoms with van der Waals surface area (Å²) in [6, 6.07) is 8.47. The van der Waals surface area contributed by atoms with Gasteiger partial charge in [0.15, 0.2) is 0 Å². The van der Waals surface area contributed by atoms with Crippen molar-refractivity contribution in [2.24, 2.45) is 5.73 Å². The Hall–Kier alpha value is -2.01. The van der Waals surface area contributed by atoms with Gasteiger partial charge in [0.25, 0.3) is 6.01 Å². The van der Waals surface area contributed by atoms with Crippen molar-refractivity contribution in [1.82, 2.24) is 4.98 Å². The largest absolute Gasteiger partial charge is 0.497 e. The molecule has 0 saturated heterocycles. The lowest BCUT2D eigenvalue weighted by atomic mass is 10.2. The Kier molecular flexibility index (Phi) is 3.84. The second-order valence-corrected chi connectivity index (χ2v) is 4.03. The van der Waals surface area contributed by atoms with Gasteiger partial charge in [0.2, 0.25) is 0 Å². The third kappa shape index (κ3) is 2.81. The van der Waals surface area contributed by atoms with Gasteiger partial charge in [0.1, 0.15) is 12.0 Å². The highest BCUT2D eigenvalue weighted by molar-refractivity contribution is 5.33. The number of hydrogen-bond acceptors (Lipinski definition) is 5. The second-order valence-electron chi connectivity index (χ2n) is 4.03. The molecule has 2 rings (SSSR count). The number of anilines is 1. The summed E-state index contributed by atoms with van der Waals surface area (Å²) in [6.45, 7) is 1.08. The molecule has 0 amide bonds. The maximum Gasteiger partial charge on any atom is 0.297 e. The first-order valence-corrected chi connectivity index (χ1v) is 5.71. The Morgan fingerprint density at radius 2 is 2.28 bits per heavy atom. The Bertz CT molecular complexity index is 510. The highest BCUT2D eigenvalue weighted by atomic mass is 16.5. The average Bonchev–Trinajstić information content (AvgIpc) is 2.88. The molecule has 0 radical (unpaired) electrons. The van der Waals surface area contributed by atoms with E-state index in [4.69, 9.17) is 14.9 Å². The van der Waals surface area contributed by atoms with Gasteiger partial charge in [0, 0.05) is 20.1 Å². The summed E-state index contributed by atoms with van der Waals surface area (Å²) < 4.78 is 10.5. The third-order valence-corrected chi connectivity index (χ3v) is 2.63. The van der Waals surface area contributed by atoms with Gasteiger partial charge in [-0.05, 0) is 17.7 Å². The lowest BCUT2D eigenvalue weighted by Gasteiger charge is -2.14. The SMILES string of the molecule is COc1cccc(CN(C)c2nc(CN)co2)c1. The van der Waals surface area contributed by atoms with Crippen molar-refractivity contribution in [2.75, 3.05) is 19.1 Å². The van der Waals surface area contributed by atoms with Crippen LogP contribution in [0.3, 0.4) is 0 Å². The van der Waals surface area contributed by atoms with Crippen LogP contribution in [0.1, 0.15) is 11.3 Å². The van der Waals surface area contributed by atoms with E-state index in [0.717, 1.165) is 17.0 Å². The van der Waals surface area contributed by atoms with Gasteiger partial charge in [-0.25, -0.2) is 0 Å². The van der Waals surface area contributed by atoms with Crippen LogP contribution in [-0.4, -0.2) is 19.1 Å². The number of aromatic nitrogens is 1. The van der Waals surface area contributed by atoms with E-state index in [1.165, 1.54) is 0 Å². The second kappa shape index (κ2) is 5.55. The van der Waals surface area contributed by atoms with Gasteiger partial charge in [-0.15, -0.1) is 0 Å². The van der Waals surface area contributed by atoms with E-state index < -0.39 is 0 Å². The molecule has 5 nitrogen and oxygen atoms in total. The van der Waals surface area contributed by atoms with Crippen molar-refractivity contribution in [3.05, 3.63) is 41.8 Å². The fourth-order valence-corrected chi connectivity index (χ4v) is 1.68. The van der Waals surface area contributed by atoms with E-state index in [0.29, 0.717) is 19.1 Å². The number of benzene rings is 1. The molecule has 1 aromatic carbocycles. The molecule has 0 bridgehead atoms. The van der Waals surface area contributed by atoms with Crippen LogP contribution in [0, 0.1) is 0 Å². The maximum absolute atomic E-state index is 5.50. The fourth-order valence-electron chi connectivity index (χ4n) is 1.68. The summed E-state index contributed by atoms with van der Waals surface area (Å²) in [5, 5.41) is 0. The number of hydrogen-bond donors (Lipinski definition) is 1. The van der Waals surface area contributed by atoms with E-state index in [9.17, 15) is 0 Å². The summed E-state index contributed by atoms with van der Waals surface area (Å²) in [6.07, 6.45) is 1.58. The van der Waals surface area contributed by atoms with Crippen LogP contribution in [0.15, 0.2) is 34.9 Å². The van der Waals surface area contributed by atoms with Gasteiger partial charge in [-0.1, -0.05) is 12.1 Å². The molecule has 0 aliphatic rings. The van der Waals surface area contributed by atoms with Crippen LogP contribution in [0.5, 0.6) is 5.75 Å². The molecule has 0 fully saturated rings. The summed E-state index contributed by atoms with van der Waals surface area (Å²) in [5.41, 5.74) is 7.38. The van der Waals surface area contributed by atoms with Crippen LogP contribution in [0.2, 0.25) is 0 Å². The zero-order valence-electron chi connectivity index (χ0n) is 10.6. The Labute approximate surface area is 106 Å². The Morgan fingerprint density at radius 1 is 1.44 bits per heavy atom. The van der Waals surface area contributed by atoms with Crippen molar-refractivity contribution >= 4 is 6.01 Å². The molecule has 0 saturated carbocycles. The summed E-state index contributed by atoms with van der Waals surface area (Å²) in [7, 11) is 3.58. The first-order chi connectivity index (χ1) is 8.72. The minimum atomic E-state index is 0.385. The standard InChI is InChI=1S/C13H17N3O2/c1-16(13-15-11(7-14)9-18-13)8-10-4-3-5-12(6-10)17-2/h3-6,9H,7-8,14H2,1-2H3. The molecule has 1 heterocycles. The Balaban J connectivity index is 2.08. The minimum Gasteiger partial charge on any atom is -0.497 e. The molecular formula is C13H17N3O2. The van der Waals surface area contributed by atoms with Crippen molar-refractivity contribution < 1.29 is 9.15 Å². The highest BCUT2D eigenvalue weighted by Gasteiger charge is 2.09. The highest BCUT2D eigenvalue weighted by Crippen LogP contribution is 2.17. The van der Waals surface area contributed by atoms with E-state index in [2.05, 4.69) is 4.98 Å². The molecular weight excluding hydrogens is 230 g/mol. The first-order valence-electron chi connectivity index (χ1n) is 5.71. The number of nitrogens with two attached hydrogens (primary N) is 1. The number of nitrogens with zero attached hydrogens (tertiary/aromatic N) is 2. The molecule has 5 heteroatoms. The van der Waals surface area contributed by atoms with Crippen molar-refractivity contribution in [3.63, 3.8) is 0 Å². The zero-order chi connectivity index (χ0) is 13.0. The van der Waals surface area contributed by atoms with E-state index in [-0.39, 0.29) is 0 Å². The van der Waals surface area contributed by atoms with Crippen LogP contribution >= 0.6 is 0 Å². The van der Waals surface area contributed by atoms with Crippen molar-refractivity contribution in [3.8, 4) is 5.75 Å². The number of ether oxygens (including phenoxy) is 1. The molecule has 0 atom stereocenters. The van der Waals surface area contributed by atoms with Gasteiger partial charge in [-0.2, -0.15) is 4.98 Å². The third-order valence-electron chi connectivity index (χ3n) is 2.63. The summed E-state index contributed by atoms with van der Waals surface area (Å²) in [4.78, 5) is 6.19. The zero-order valence-corrected chi connectivity index (χ0v) is 10.6. The van der Waals surface area contributed by atoms with Gasteiger partial charge in [0.05, 0.1) is 12.8 Å². The normalized spacial score (nSPS) is 10.4. The van der Waals surface area contributed by atoms with Crippen molar-refractivity contribution in [2.45, 2.75) is 13.1 Å². The quantitative estimate of drug-likeness (QED) is 0.872. The molecule has 0 aliphatic heterocycles. The first kappa shape index (κ1) is 12.4. The van der Waals surface area contributed by atoms with Crippen LogP contribution < -0.4 is 15.4 Å². The molecule has 2 aromatic rings.